The number of sulfonamides is 1. The van der Waals surface area contributed by atoms with Gasteiger partial charge in [-0.25, -0.2) is 12.8 Å². The molecule has 3 rings (SSSR count). The second-order valence-corrected chi connectivity index (χ2v) is 8.78. The molecule has 1 aliphatic heterocycles. The number of aryl methyl sites for hydroxylation is 2. The van der Waals surface area contributed by atoms with Crippen molar-refractivity contribution >= 4 is 27.3 Å². The van der Waals surface area contributed by atoms with Gasteiger partial charge in [-0.05, 0) is 61.6 Å². The quantitative estimate of drug-likeness (QED) is 0.819. The number of hydrogen-bond donors (Lipinski definition) is 1. The number of nitrogens with zero attached hydrogens (tertiary/aromatic N) is 1. The van der Waals surface area contributed by atoms with Gasteiger partial charge < -0.3 is 5.32 Å². The van der Waals surface area contributed by atoms with E-state index in [1.54, 1.807) is 24.3 Å². The van der Waals surface area contributed by atoms with E-state index in [1.807, 2.05) is 13.0 Å². The van der Waals surface area contributed by atoms with E-state index in [1.165, 1.54) is 16.4 Å². The van der Waals surface area contributed by atoms with Gasteiger partial charge in [0.2, 0.25) is 15.9 Å². The van der Waals surface area contributed by atoms with Crippen LogP contribution in [0.3, 0.4) is 0 Å². The average molecular weight is 390 g/mol. The normalized spacial score (nSPS) is 15.7. The minimum atomic E-state index is -3.25. The van der Waals surface area contributed by atoms with Crippen molar-refractivity contribution in [2.75, 3.05) is 21.9 Å². The molecule has 0 aromatic heterocycles. The van der Waals surface area contributed by atoms with E-state index in [2.05, 4.69) is 5.32 Å². The first-order valence-corrected chi connectivity index (χ1v) is 10.6. The number of halogens is 1. The van der Waals surface area contributed by atoms with E-state index in [9.17, 15) is 17.6 Å². The molecule has 1 saturated heterocycles. The summed E-state index contributed by atoms with van der Waals surface area (Å²) in [6, 6.07) is 11.6. The number of rotatable bonds is 6. The van der Waals surface area contributed by atoms with E-state index < -0.39 is 10.0 Å². The van der Waals surface area contributed by atoms with Gasteiger partial charge in [-0.3, -0.25) is 9.10 Å². The molecule has 0 unspecified atom stereocenters. The SMILES string of the molecule is Cc1ccc(N2CCCS2(=O)=O)cc1NC(=O)CCCc1ccc(F)cc1. The smallest absolute Gasteiger partial charge is 0.235 e. The van der Waals surface area contributed by atoms with Gasteiger partial charge in [0.05, 0.1) is 11.4 Å². The summed E-state index contributed by atoms with van der Waals surface area (Å²) in [5, 5.41) is 2.88. The Morgan fingerprint density at radius 2 is 1.93 bits per heavy atom. The summed E-state index contributed by atoms with van der Waals surface area (Å²) in [6.07, 6.45) is 2.29. The fourth-order valence-corrected chi connectivity index (χ4v) is 4.70. The van der Waals surface area contributed by atoms with Crippen molar-refractivity contribution in [1.82, 2.24) is 0 Å². The highest BCUT2D eigenvalue weighted by molar-refractivity contribution is 7.93. The summed E-state index contributed by atoms with van der Waals surface area (Å²) >= 11 is 0. The van der Waals surface area contributed by atoms with Crippen LogP contribution in [0.1, 0.15) is 30.4 Å². The first-order chi connectivity index (χ1) is 12.8. The Bertz CT molecular complexity index is 927. The van der Waals surface area contributed by atoms with Gasteiger partial charge in [0, 0.05) is 18.7 Å². The van der Waals surface area contributed by atoms with Crippen molar-refractivity contribution in [2.24, 2.45) is 0 Å². The standard InChI is InChI=1S/C20H23FN2O3S/c1-15-6-11-18(23-12-3-13-27(23,25)26)14-19(15)22-20(24)5-2-4-16-7-9-17(21)10-8-16/h6-11,14H,2-5,12-13H2,1H3,(H,22,24). The van der Waals surface area contributed by atoms with Gasteiger partial charge in [0.15, 0.2) is 0 Å². The Kier molecular flexibility index (Phi) is 5.79. The van der Waals surface area contributed by atoms with Gasteiger partial charge in [-0.2, -0.15) is 0 Å². The molecule has 5 nitrogen and oxygen atoms in total. The highest BCUT2D eigenvalue weighted by Crippen LogP contribution is 2.28. The predicted octanol–water partition coefficient (Wildman–Crippen LogP) is 3.64. The zero-order chi connectivity index (χ0) is 19.4. The van der Waals surface area contributed by atoms with Gasteiger partial charge in [-0.1, -0.05) is 18.2 Å². The molecule has 1 aliphatic rings. The Labute approximate surface area is 159 Å². The fourth-order valence-electron chi connectivity index (χ4n) is 3.15. The molecule has 27 heavy (non-hydrogen) atoms. The molecule has 1 heterocycles. The van der Waals surface area contributed by atoms with Crippen molar-refractivity contribution in [3.63, 3.8) is 0 Å². The van der Waals surface area contributed by atoms with Gasteiger partial charge >= 0.3 is 0 Å². The molecule has 1 fully saturated rings. The Balaban J connectivity index is 1.60. The summed E-state index contributed by atoms with van der Waals surface area (Å²) in [7, 11) is -3.25. The van der Waals surface area contributed by atoms with E-state index in [4.69, 9.17) is 0 Å². The lowest BCUT2D eigenvalue weighted by atomic mass is 10.1. The van der Waals surface area contributed by atoms with Gasteiger partial charge in [-0.15, -0.1) is 0 Å². The first kappa shape index (κ1) is 19.4. The van der Waals surface area contributed by atoms with E-state index in [0.717, 1.165) is 11.1 Å². The first-order valence-electron chi connectivity index (χ1n) is 9.00. The molecule has 0 saturated carbocycles. The highest BCUT2D eigenvalue weighted by atomic mass is 32.2. The number of carbonyl (C=O) groups excluding carboxylic acids is 1. The van der Waals surface area contributed by atoms with Crippen molar-refractivity contribution in [2.45, 2.75) is 32.6 Å². The van der Waals surface area contributed by atoms with E-state index in [-0.39, 0.29) is 17.5 Å². The molecule has 0 bridgehead atoms. The minimum Gasteiger partial charge on any atom is -0.326 e. The van der Waals surface area contributed by atoms with Crippen LogP contribution < -0.4 is 9.62 Å². The second-order valence-electron chi connectivity index (χ2n) is 6.77. The summed E-state index contributed by atoms with van der Waals surface area (Å²) < 4.78 is 38.5. The molecule has 1 amide bonds. The number of carbonyl (C=O) groups is 1. The molecular weight excluding hydrogens is 367 g/mol. The van der Waals surface area contributed by atoms with E-state index >= 15 is 0 Å². The molecule has 144 valence electrons. The van der Waals surface area contributed by atoms with Crippen LogP contribution in [-0.4, -0.2) is 26.6 Å². The van der Waals surface area contributed by atoms with Crippen molar-refractivity contribution in [3.8, 4) is 0 Å². The van der Waals surface area contributed by atoms with Gasteiger partial charge in [0.25, 0.3) is 0 Å². The maximum absolute atomic E-state index is 12.9. The molecule has 0 atom stereocenters. The zero-order valence-electron chi connectivity index (χ0n) is 15.2. The van der Waals surface area contributed by atoms with Crippen LogP contribution in [0, 0.1) is 12.7 Å². The second kappa shape index (κ2) is 8.08. The Morgan fingerprint density at radius 3 is 2.59 bits per heavy atom. The lowest BCUT2D eigenvalue weighted by Gasteiger charge is -2.19. The number of amides is 1. The van der Waals surface area contributed by atoms with Crippen molar-refractivity contribution < 1.29 is 17.6 Å². The molecule has 1 N–H and O–H groups in total. The predicted molar refractivity (Wildman–Crippen MR) is 105 cm³/mol. The fraction of sp³-hybridized carbons (Fsp3) is 0.350. The third-order valence-electron chi connectivity index (χ3n) is 4.67. The van der Waals surface area contributed by atoms with Crippen LogP contribution in [0.4, 0.5) is 15.8 Å². The van der Waals surface area contributed by atoms with Crippen molar-refractivity contribution in [3.05, 3.63) is 59.4 Å². The lowest BCUT2D eigenvalue weighted by molar-refractivity contribution is -0.116. The summed E-state index contributed by atoms with van der Waals surface area (Å²) in [5.74, 6) is -0.236. The maximum Gasteiger partial charge on any atom is 0.235 e. The number of anilines is 2. The molecule has 2 aromatic rings. The monoisotopic (exact) mass is 390 g/mol. The highest BCUT2D eigenvalue weighted by Gasteiger charge is 2.28. The van der Waals surface area contributed by atoms with Gasteiger partial charge in [0.1, 0.15) is 5.82 Å². The van der Waals surface area contributed by atoms with Crippen LogP contribution in [0.2, 0.25) is 0 Å². The summed E-state index contributed by atoms with van der Waals surface area (Å²) in [6.45, 7) is 2.34. The molecule has 7 heteroatoms. The Morgan fingerprint density at radius 1 is 1.19 bits per heavy atom. The molecule has 0 spiro atoms. The van der Waals surface area contributed by atoms with Crippen LogP contribution in [0.5, 0.6) is 0 Å². The largest absolute Gasteiger partial charge is 0.326 e. The number of benzene rings is 2. The van der Waals surface area contributed by atoms with E-state index in [0.29, 0.717) is 43.6 Å². The molecular formula is C20H23FN2O3S. The lowest BCUT2D eigenvalue weighted by Crippen LogP contribution is -2.25. The summed E-state index contributed by atoms with van der Waals surface area (Å²) in [5.41, 5.74) is 3.07. The molecule has 2 aromatic carbocycles. The van der Waals surface area contributed by atoms with Crippen LogP contribution >= 0.6 is 0 Å². The van der Waals surface area contributed by atoms with Crippen molar-refractivity contribution in [1.29, 1.82) is 0 Å². The molecule has 0 aliphatic carbocycles. The van der Waals surface area contributed by atoms with Crippen LogP contribution in [-0.2, 0) is 21.2 Å². The maximum atomic E-state index is 12.9. The Hall–Kier alpha value is -2.41. The number of hydrogen-bond acceptors (Lipinski definition) is 3. The zero-order valence-corrected chi connectivity index (χ0v) is 16.1. The van der Waals surface area contributed by atoms with Crippen LogP contribution in [0.15, 0.2) is 42.5 Å². The van der Waals surface area contributed by atoms with Crippen LogP contribution in [0.25, 0.3) is 0 Å². The summed E-state index contributed by atoms with van der Waals surface area (Å²) in [4.78, 5) is 12.3. The molecule has 0 radical (unpaired) electrons. The minimum absolute atomic E-state index is 0.123. The average Bonchev–Trinajstić information content (AvgIpc) is 2.98. The topological polar surface area (TPSA) is 66.5 Å². The number of nitrogens with one attached hydrogen (secondary N) is 1. The third kappa shape index (κ3) is 4.86. The third-order valence-corrected chi connectivity index (χ3v) is 6.53.